The Balaban J connectivity index is 2.33. The van der Waals surface area contributed by atoms with Crippen LogP contribution in [0.3, 0.4) is 0 Å². The normalized spacial score (nSPS) is 11.0. The Kier molecular flexibility index (Phi) is 3.41. The average Bonchev–Trinajstić information content (AvgIpc) is 2.77. The lowest BCUT2D eigenvalue weighted by atomic mass is 10.1. The number of carbonyl (C=O) groups is 1. The maximum atomic E-state index is 14.1. The van der Waals surface area contributed by atoms with Crippen LogP contribution in [0.4, 0.5) is 4.39 Å². The van der Waals surface area contributed by atoms with E-state index in [1.165, 1.54) is 6.07 Å². The van der Waals surface area contributed by atoms with Gasteiger partial charge in [-0.3, -0.25) is 4.79 Å². The Morgan fingerprint density at radius 1 is 1.23 bits per heavy atom. The molecule has 1 heterocycles. The van der Waals surface area contributed by atoms with Gasteiger partial charge in [-0.05, 0) is 49.2 Å². The van der Waals surface area contributed by atoms with Crippen molar-refractivity contribution in [3.8, 4) is 11.4 Å². The number of imidazole rings is 1. The minimum atomic E-state index is -0.991. The lowest BCUT2D eigenvalue weighted by Gasteiger charge is -2.08. The molecular formula is C17H15FN2O2. The number of carboxylic acids is 1. The van der Waals surface area contributed by atoms with Crippen LogP contribution >= 0.6 is 0 Å². The number of aliphatic carboxylic acids is 1. The Morgan fingerprint density at radius 3 is 2.59 bits per heavy atom. The molecule has 0 radical (unpaired) electrons. The van der Waals surface area contributed by atoms with Crippen molar-refractivity contribution in [2.75, 3.05) is 0 Å². The van der Waals surface area contributed by atoms with Crippen molar-refractivity contribution in [3.05, 3.63) is 53.3 Å². The first kappa shape index (κ1) is 14.3. The predicted octanol–water partition coefficient (Wildman–Crippen LogP) is 3.54. The summed E-state index contributed by atoms with van der Waals surface area (Å²) in [6, 6.07) is 10.0. The molecule has 0 fully saturated rings. The van der Waals surface area contributed by atoms with Crippen molar-refractivity contribution in [2.24, 2.45) is 0 Å². The Labute approximate surface area is 126 Å². The van der Waals surface area contributed by atoms with Gasteiger partial charge >= 0.3 is 5.97 Å². The molecule has 0 saturated carbocycles. The third-order valence-corrected chi connectivity index (χ3v) is 3.77. The first-order valence-electron chi connectivity index (χ1n) is 6.91. The zero-order valence-corrected chi connectivity index (χ0v) is 12.3. The van der Waals surface area contributed by atoms with Gasteiger partial charge in [-0.15, -0.1) is 0 Å². The highest BCUT2D eigenvalue weighted by atomic mass is 19.1. The van der Waals surface area contributed by atoms with Gasteiger partial charge in [0.25, 0.3) is 0 Å². The first-order valence-corrected chi connectivity index (χ1v) is 6.91. The summed E-state index contributed by atoms with van der Waals surface area (Å²) >= 11 is 0. The van der Waals surface area contributed by atoms with E-state index in [1.54, 1.807) is 22.8 Å². The highest BCUT2D eigenvalue weighted by Crippen LogP contribution is 2.28. The van der Waals surface area contributed by atoms with Crippen LogP contribution in [0, 0.1) is 19.7 Å². The van der Waals surface area contributed by atoms with E-state index in [0.717, 1.165) is 11.1 Å². The van der Waals surface area contributed by atoms with Crippen molar-refractivity contribution in [3.63, 3.8) is 0 Å². The minimum absolute atomic E-state index is 0.261. The van der Waals surface area contributed by atoms with Gasteiger partial charge in [0, 0.05) is 0 Å². The quantitative estimate of drug-likeness (QED) is 0.804. The van der Waals surface area contributed by atoms with E-state index in [4.69, 9.17) is 5.11 Å². The molecule has 5 heteroatoms. The molecule has 4 nitrogen and oxygen atoms in total. The second kappa shape index (κ2) is 5.26. The first-order chi connectivity index (χ1) is 10.5. The smallest absolute Gasteiger partial charge is 0.323 e. The second-order valence-electron chi connectivity index (χ2n) is 5.32. The van der Waals surface area contributed by atoms with Crippen molar-refractivity contribution in [1.82, 2.24) is 9.55 Å². The number of benzene rings is 2. The fraction of sp³-hybridized carbons (Fsp3) is 0.176. The zero-order chi connectivity index (χ0) is 15.9. The van der Waals surface area contributed by atoms with Gasteiger partial charge in [0.05, 0.1) is 16.6 Å². The van der Waals surface area contributed by atoms with Crippen LogP contribution in [-0.4, -0.2) is 20.6 Å². The van der Waals surface area contributed by atoms with Gasteiger partial charge in [-0.2, -0.15) is 0 Å². The van der Waals surface area contributed by atoms with E-state index in [-0.39, 0.29) is 6.54 Å². The molecule has 0 unspecified atom stereocenters. The zero-order valence-electron chi connectivity index (χ0n) is 12.3. The lowest BCUT2D eigenvalue weighted by molar-refractivity contribution is -0.137. The maximum Gasteiger partial charge on any atom is 0.323 e. The van der Waals surface area contributed by atoms with E-state index >= 15 is 0 Å². The van der Waals surface area contributed by atoms with E-state index in [2.05, 4.69) is 4.98 Å². The van der Waals surface area contributed by atoms with Crippen LogP contribution in [0.5, 0.6) is 0 Å². The monoisotopic (exact) mass is 298 g/mol. The molecule has 22 heavy (non-hydrogen) atoms. The predicted molar refractivity (Wildman–Crippen MR) is 82.2 cm³/mol. The number of nitrogens with zero attached hydrogens (tertiary/aromatic N) is 2. The second-order valence-corrected chi connectivity index (χ2v) is 5.32. The van der Waals surface area contributed by atoms with Crippen LogP contribution in [0.2, 0.25) is 0 Å². The Hall–Kier alpha value is -2.69. The van der Waals surface area contributed by atoms with Gasteiger partial charge in [0.1, 0.15) is 18.2 Å². The number of fused-ring (bicyclic) bond motifs is 1. The van der Waals surface area contributed by atoms with Crippen LogP contribution in [-0.2, 0) is 11.3 Å². The lowest BCUT2D eigenvalue weighted by Crippen LogP contribution is -2.10. The van der Waals surface area contributed by atoms with Crippen LogP contribution in [0.15, 0.2) is 36.4 Å². The summed E-state index contributed by atoms with van der Waals surface area (Å²) in [6.07, 6.45) is 0. The minimum Gasteiger partial charge on any atom is -0.480 e. The van der Waals surface area contributed by atoms with E-state index in [1.807, 2.05) is 26.0 Å². The SMILES string of the molecule is Cc1cc2nc(-c3ccccc3F)n(CC(=O)O)c2cc1C. The van der Waals surface area contributed by atoms with Crippen LogP contribution in [0.1, 0.15) is 11.1 Å². The fourth-order valence-corrected chi connectivity index (χ4v) is 2.52. The van der Waals surface area contributed by atoms with Crippen molar-refractivity contribution in [2.45, 2.75) is 20.4 Å². The highest BCUT2D eigenvalue weighted by Gasteiger charge is 2.18. The number of hydrogen-bond acceptors (Lipinski definition) is 2. The molecule has 1 N–H and O–H groups in total. The molecule has 0 aliphatic heterocycles. The molecule has 0 saturated heterocycles. The molecule has 0 amide bonds. The summed E-state index contributed by atoms with van der Waals surface area (Å²) in [5.41, 5.74) is 3.77. The fourth-order valence-electron chi connectivity index (χ4n) is 2.52. The molecule has 1 aromatic heterocycles. The van der Waals surface area contributed by atoms with Gasteiger partial charge in [0.15, 0.2) is 0 Å². The molecule has 0 aliphatic carbocycles. The topological polar surface area (TPSA) is 55.1 Å². The van der Waals surface area contributed by atoms with Crippen LogP contribution in [0.25, 0.3) is 22.4 Å². The molecule has 112 valence electrons. The third kappa shape index (κ3) is 2.35. The number of aromatic nitrogens is 2. The highest BCUT2D eigenvalue weighted by molar-refractivity contribution is 5.84. The van der Waals surface area contributed by atoms with Crippen molar-refractivity contribution >= 4 is 17.0 Å². The Bertz CT molecular complexity index is 884. The van der Waals surface area contributed by atoms with Crippen molar-refractivity contribution in [1.29, 1.82) is 0 Å². The maximum absolute atomic E-state index is 14.1. The Morgan fingerprint density at radius 2 is 1.91 bits per heavy atom. The van der Waals surface area contributed by atoms with Gasteiger partial charge in [-0.1, -0.05) is 12.1 Å². The van der Waals surface area contributed by atoms with Gasteiger partial charge in [-0.25, -0.2) is 9.37 Å². The molecule has 0 atom stereocenters. The van der Waals surface area contributed by atoms with E-state index in [9.17, 15) is 9.18 Å². The summed E-state index contributed by atoms with van der Waals surface area (Å²) in [5, 5.41) is 9.17. The number of hydrogen-bond donors (Lipinski definition) is 1. The summed E-state index contributed by atoms with van der Waals surface area (Å²) in [4.78, 5) is 15.6. The van der Waals surface area contributed by atoms with E-state index in [0.29, 0.717) is 22.4 Å². The number of rotatable bonds is 3. The third-order valence-electron chi connectivity index (χ3n) is 3.77. The number of halogens is 1. The summed E-state index contributed by atoms with van der Waals surface area (Å²) in [7, 11) is 0. The number of carboxylic acid groups (broad SMARTS) is 1. The molecule has 0 bridgehead atoms. The van der Waals surface area contributed by atoms with Crippen LogP contribution < -0.4 is 0 Å². The van der Waals surface area contributed by atoms with Gasteiger partial charge in [0.2, 0.25) is 0 Å². The standard InChI is InChI=1S/C17H15FN2O2/c1-10-7-14-15(8-11(10)2)20(9-16(21)22)17(19-14)12-5-3-4-6-13(12)18/h3-8H,9H2,1-2H3,(H,21,22). The summed E-state index contributed by atoms with van der Waals surface area (Å²) in [6.45, 7) is 3.66. The summed E-state index contributed by atoms with van der Waals surface area (Å²) in [5.74, 6) is -1.08. The molecular weight excluding hydrogens is 283 g/mol. The van der Waals surface area contributed by atoms with Gasteiger partial charge < -0.3 is 9.67 Å². The van der Waals surface area contributed by atoms with Crippen molar-refractivity contribution < 1.29 is 14.3 Å². The average molecular weight is 298 g/mol. The molecule has 3 aromatic rings. The summed E-state index contributed by atoms with van der Waals surface area (Å²) < 4.78 is 15.6. The molecule has 3 rings (SSSR count). The largest absolute Gasteiger partial charge is 0.480 e. The molecule has 0 aliphatic rings. The van der Waals surface area contributed by atoms with E-state index < -0.39 is 11.8 Å². The molecule has 2 aromatic carbocycles. The molecule has 0 spiro atoms. The number of aryl methyl sites for hydroxylation is 2.